The van der Waals surface area contributed by atoms with E-state index >= 15 is 0 Å². The first-order valence-corrected chi connectivity index (χ1v) is 9.04. The molecule has 30 heavy (non-hydrogen) atoms. The van der Waals surface area contributed by atoms with Gasteiger partial charge < -0.3 is 15.4 Å². The number of aryl methyl sites for hydroxylation is 2. The predicted molar refractivity (Wildman–Crippen MR) is 107 cm³/mol. The average molecular weight is 441 g/mol. The fourth-order valence-corrected chi connectivity index (χ4v) is 2.86. The summed E-state index contributed by atoms with van der Waals surface area (Å²) in [6.07, 6.45) is -3.68. The predicted octanol–water partition coefficient (Wildman–Crippen LogP) is 6.40. The molecule has 158 valence electrons. The summed E-state index contributed by atoms with van der Waals surface area (Å²) in [7, 11) is 1.24. The molecule has 2 aromatic carbocycles. The highest BCUT2D eigenvalue weighted by Gasteiger charge is 2.31. The molecule has 0 saturated heterocycles. The molecule has 2 N–H and O–H groups in total. The van der Waals surface area contributed by atoms with E-state index in [2.05, 4.69) is 20.6 Å². The fraction of sp³-hybridized carbons (Fsp3) is 0.200. The van der Waals surface area contributed by atoms with Gasteiger partial charge in [0.05, 0.1) is 18.9 Å². The van der Waals surface area contributed by atoms with Gasteiger partial charge in [-0.05, 0) is 49.2 Å². The molecule has 5 nitrogen and oxygen atoms in total. The number of alkyl halides is 3. The number of nitrogens with one attached hydrogen (secondary N) is 2. The largest absolute Gasteiger partial charge is 0.497 e. The second-order valence-electron chi connectivity index (χ2n) is 6.51. The molecule has 10 heteroatoms. The van der Waals surface area contributed by atoms with Crippen LogP contribution in [-0.2, 0) is 6.18 Å². The van der Waals surface area contributed by atoms with Gasteiger partial charge in [0.25, 0.3) is 0 Å². The Labute approximate surface area is 175 Å². The van der Waals surface area contributed by atoms with Crippen LogP contribution in [-0.4, -0.2) is 17.1 Å². The van der Waals surface area contributed by atoms with Crippen LogP contribution in [0.2, 0.25) is 5.02 Å². The van der Waals surface area contributed by atoms with Gasteiger partial charge in [-0.1, -0.05) is 11.6 Å². The molecule has 3 rings (SSSR count). The molecule has 0 radical (unpaired) electrons. The second-order valence-corrected chi connectivity index (χ2v) is 6.89. The Balaban J connectivity index is 1.91. The highest BCUT2D eigenvalue weighted by atomic mass is 35.5. The quantitative estimate of drug-likeness (QED) is 0.449. The molecule has 0 aliphatic heterocycles. The van der Waals surface area contributed by atoms with E-state index in [0.29, 0.717) is 10.7 Å². The van der Waals surface area contributed by atoms with Gasteiger partial charge in [0.2, 0.25) is 5.95 Å². The van der Waals surface area contributed by atoms with E-state index in [1.807, 2.05) is 13.8 Å². The lowest BCUT2D eigenvalue weighted by atomic mass is 10.1. The molecule has 0 bridgehead atoms. The summed E-state index contributed by atoms with van der Waals surface area (Å²) in [6, 6.07) is 6.53. The summed E-state index contributed by atoms with van der Waals surface area (Å²) in [6.45, 7) is 3.67. The Morgan fingerprint density at radius 2 is 1.60 bits per heavy atom. The zero-order chi connectivity index (χ0) is 22.1. The summed E-state index contributed by atoms with van der Waals surface area (Å²) >= 11 is 6.15. The van der Waals surface area contributed by atoms with Crippen LogP contribution in [0, 0.1) is 19.7 Å². The molecule has 0 aliphatic carbocycles. The minimum atomic E-state index is -4.59. The van der Waals surface area contributed by atoms with Crippen molar-refractivity contribution in [2.75, 3.05) is 17.7 Å². The monoisotopic (exact) mass is 440 g/mol. The first-order chi connectivity index (χ1) is 14.1. The van der Waals surface area contributed by atoms with Crippen LogP contribution in [0.3, 0.4) is 0 Å². The van der Waals surface area contributed by atoms with Crippen LogP contribution in [0.25, 0.3) is 0 Å². The van der Waals surface area contributed by atoms with Crippen molar-refractivity contribution in [3.8, 4) is 5.75 Å². The lowest BCUT2D eigenvalue weighted by Gasteiger charge is -2.14. The molecule has 0 saturated carbocycles. The average Bonchev–Trinajstić information content (AvgIpc) is 2.67. The van der Waals surface area contributed by atoms with Gasteiger partial charge in [0, 0.05) is 22.5 Å². The molecule has 0 unspecified atom stereocenters. The molecular weight excluding hydrogens is 424 g/mol. The number of rotatable bonds is 5. The molecular formula is C20H17ClF4N4O. The van der Waals surface area contributed by atoms with Crippen molar-refractivity contribution >= 4 is 34.7 Å². The number of ether oxygens (including phenoxy) is 1. The number of anilines is 4. The summed E-state index contributed by atoms with van der Waals surface area (Å²) in [5.41, 5.74) is 1.31. The Morgan fingerprint density at radius 3 is 2.20 bits per heavy atom. The van der Waals surface area contributed by atoms with E-state index in [1.165, 1.54) is 13.2 Å². The molecule has 3 aromatic rings. The van der Waals surface area contributed by atoms with Crippen molar-refractivity contribution < 1.29 is 22.3 Å². The van der Waals surface area contributed by atoms with E-state index in [4.69, 9.17) is 16.3 Å². The number of methoxy groups -OCH3 is 1. The third-order valence-electron chi connectivity index (χ3n) is 4.17. The molecule has 0 aliphatic rings. The zero-order valence-corrected chi connectivity index (χ0v) is 16.9. The van der Waals surface area contributed by atoms with Gasteiger partial charge in [-0.2, -0.15) is 18.2 Å². The Hall–Kier alpha value is -3.07. The zero-order valence-electron chi connectivity index (χ0n) is 16.2. The minimum absolute atomic E-state index is 0.0350. The summed E-state index contributed by atoms with van der Waals surface area (Å²) in [4.78, 5) is 7.90. The fourth-order valence-electron chi connectivity index (χ4n) is 2.75. The third kappa shape index (κ3) is 4.91. The Bertz CT molecular complexity index is 1070. The standard InChI is InChI=1S/C20H17ClF4N4O/c1-10-4-13(5-11(2)17(10)21)28-19-26-9-16(22)18(29-19)27-14-6-12(20(23,24)25)7-15(8-14)30-3/h4-9H,1-3H3,(H2,26,27,28,29). The van der Waals surface area contributed by atoms with Crippen LogP contribution in [0.1, 0.15) is 16.7 Å². The smallest absolute Gasteiger partial charge is 0.416 e. The van der Waals surface area contributed by atoms with E-state index in [9.17, 15) is 17.6 Å². The topological polar surface area (TPSA) is 59.1 Å². The molecule has 1 heterocycles. The first-order valence-electron chi connectivity index (χ1n) is 8.66. The number of halogens is 5. The lowest BCUT2D eigenvalue weighted by Crippen LogP contribution is -2.07. The molecule has 1 aromatic heterocycles. The van der Waals surface area contributed by atoms with E-state index in [0.717, 1.165) is 29.5 Å². The van der Waals surface area contributed by atoms with Gasteiger partial charge >= 0.3 is 6.18 Å². The number of aromatic nitrogens is 2. The maximum atomic E-state index is 14.2. The Morgan fingerprint density at radius 1 is 0.967 bits per heavy atom. The third-order valence-corrected chi connectivity index (χ3v) is 4.77. The van der Waals surface area contributed by atoms with Crippen LogP contribution in [0.5, 0.6) is 5.75 Å². The van der Waals surface area contributed by atoms with Crippen molar-refractivity contribution in [3.63, 3.8) is 0 Å². The van der Waals surface area contributed by atoms with Crippen LogP contribution < -0.4 is 15.4 Å². The number of hydrogen-bond donors (Lipinski definition) is 2. The van der Waals surface area contributed by atoms with E-state index in [1.54, 1.807) is 12.1 Å². The van der Waals surface area contributed by atoms with Crippen molar-refractivity contribution in [3.05, 3.63) is 64.1 Å². The van der Waals surface area contributed by atoms with Crippen LogP contribution in [0.4, 0.5) is 40.7 Å². The number of nitrogens with zero attached hydrogens (tertiary/aromatic N) is 2. The summed E-state index contributed by atoms with van der Waals surface area (Å²) in [5, 5.41) is 6.11. The van der Waals surface area contributed by atoms with Gasteiger partial charge in [-0.3, -0.25) is 0 Å². The molecule has 0 fully saturated rings. The lowest BCUT2D eigenvalue weighted by molar-refractivity contribution is -0.137. The normalized spacial score (nSPS) is 11.3. The van der Waals surface area contributed by atoms with E-state index < -0.39 is 17.6 Å². The Kier molecular flexibility index (Phi) is 6.02. The summed E-state index contributed by atoms with van der Waals surface area (Å²) < 4.78 is 58.4. The molecule has 0 atom stereocenters. The SMILES string of the molecule is COc1cc(Nc2nc(Nc3cc(C)c(Cl)c(C)c3)ncc2F)cc(C(F)(F)F)c1. The second kappa shape index (κ2) is 8.35. The van der Waals surface area contributed by atoms with Gasteiger partial charge in [0.1, 0.15) is 5.75 Å². The highest BCUT2D eigenvalue weighted by Crippen LogP contribution is 2.35. The number of benzene rings is 2. The molecule has 0 amide bonds. The van der Waals surface area contributed by atoms with Gasteiger partial charge in [-0.25, -0.2) is 9.37 Å². The minimum Gasteiger partial charge on any atom is -0.497 e. The maximum Gasteiger partial charge on any atom is 0.416 e. The molecule has 0 spiro atoms. The van der Waals surface area contributed by atoms with Gasteiger partial charge in [-0.15, -0.1) is 0 Å². The van der Waals surface area contributed by atoms with Crippen LogP contribution >= 0.6 is 11.6 Å². The maximum absolute atomic E-state index is 14.2. The number of hydrogen-bond acceptors (Lipinski definition) is 5. The van der Waals surface area contributed by atoms with Crippen molar-refractivity contribution in [2.24, 2.45) is 0 Å². The van der Waals surface area contributed by atoms with Crippen LogP contribution in [0.15, 0.2) is 36.5 Å². The first kappa shape index (κ1) is 21.6. The van der Waals surface area contributed by atoms with Crippen molar-refractivity contribution in [1.29, 1.82) is 0 Å². The van der Waals surface area contributed by atoms with Gasteiger partial charge in [0.15, 0.2) is 11.6 Å². The van der Waals surface area contributed by atoms with Crippen molar-refractivity contribution in [2.45, 2.75) is 20.0 Å². The van der Waals surface area contributed by atoms with E-state index in [-0.39, 0.29) is 23.2 Å². The highest BCUT2D eigenvalue weighted by molar-refractivity contribution is 6.32. The summed E-state index contributed by atoms with van der Waals surface area (Å²) in [5.74, 6) is -1.11. The van der Waals surface area contributed by atoms with Crippen molar-refractivity contribution in [1.82, 2.24) is 9.97 Å².